The number of carbonyl (C=O) groups is 1. The summed E-state index contributed by atoms with van der Waals surface area (Å²) < 4.78 is 20.5. The number of pyridine rings is 1. The Morgan fingerprint density at radius 2 is 1.76 bits per heavy atom. The van der Waals surface area contributed by atoms with Gasteiger partial charge in [0.25, 0.3) is 0 Å². The van der Waals surface area contributed by atoms with E-state index in [9.17, 15) is 4.79 Å². The monoisotopic (exact) mass is 619 g/mol. The van der Waals surface area contributed by atoms with E-state index in [0.29, 0.717) is 25.5 Å². The van der Waals surface area contributed by atoms with Gasteiger partial charge in [-0.1, -0.05) is 36.4 Å². The first-order valence-electron chi connectivity index (χ1n) is 15.1. The van der Waals surface area contributed by atoms with Crippen LogP contribution in [0.2, 0.25) is 0 Å². The molecule has 3 heterocycles. The number of methoxy groups -OCH3 is 1. The summed E-state index contributed by atoms with van der Waals surface area (Å²) in [6.07, 6.45) is 2.16. The number of para-hydroxylation sites is 1. The molecule has 0 saturated carbocycles. The number of nitrogens with zero attached hydrogens (tertiary/aromatic N) is 3. The van der Waals surface area contributed by atoms with E-state index in [1.807, 2.05) is 70.3 Å². The second kappa shape index (κ2) is 12.7. The molecule has 6 aromatic rings. The number of hydrogen-bond donors (Lipinski definition) is 0. The van der Waals surface area contributed by atoms with Crippen molar-refractivity contribution in [3.63, 3.8) is 0 Å². The molecule has 8 heteroatoms. The van der Waals surface area contributed by atoms with Gasteiger partial charge in [0.05, 0.1) is 29.3 Å². The average Bonchev–Trinajstić information content (AvgIpc) is 3.62. The van der Waals surface area contributed by atoms with Crippen LogP contribution in [0.5, 0.6) is 11.6 Å². The summed E-state index contributed by atoms with van der Waals surface area (Å²) in [4.78, 5) is 22.0. The van der Waals surface area contributed by atoms with Crippen molar-refractivity contribution in [1.82, 2.24) is 14.5 Å². The van der Waals surface area contributed by atoms with Gasteiger partial charge in [0.2, 0.25) is 5.88 Å². The fraction of sp³-hybridized carbons (Fsp3) is 0.270. The molecule has 0 spiro atoms. The highest BCUT2D eigenvalue weighted by Crippen LogP contribution is 2.34. The molecule has 230 valence electrons. The summed E-state index contributed by atoms with van der Waals surface area (Å²) in [6.45, 7) is 8.77. The largest absolute Gasteiger partial charge is 0.484 e. The molecular weight excluding hydrogens is 582 g/mol. The van der Waals surface area contributed by atoms with Crippen LogP contribution in [0.1, 0.15) is 50.1 Å². The summed E-state index contributed by atoms with van der Waals surface area (Å²) >= 11 is 1.66. The molecule has 1 unspecified atom stereocenters. The van der Waals surface area contributed by atoms with Crippen molar-refractivity contribution in [2.24, 2.45) is 5.41 Å². The van der Waals surface area contributed by atoms with Crippen LogP contribution < -0.4 is 9.47 Å². The van der Waals surface area contributed by atoms with Crippen LogP contribution in [-0.4, -0.2) is 34.2 Å². The topological polar surface area (TPSA) is 75.5 Å². The first-order valence-corrected chi connectivity index (χ1v) is 16.0. The minimum absolute atomic E-state index is 0.191. The maximum absolute atomic E-state index is 12.9. The van der Waals surface area contributed by atoms with Crippen molar-refractivity contribution in [3.8, 4) is 22.8 Å². The minimum Gasteiger partial charge on any atom is -0.484 e. The highest BCUT2D eigenvalue weighted by atomic mass is 32.1. The van der Waals surface area contributed by atoms with Gasteiger partial charge in [0.15, 0.2) is 0 Å². The van der Waals surface area contributed by atoms with E-state index in [2.05, 4.69) is 58.1 Å². The highest BCUT2D eigenvalue weighted by molar-refractivity contribution is 7.18. The first kappa shape index (κ1) is 30.3. The standard InChI is InChI=1S/C37H37N3O4S/c1-6-43-36(41)37(3,4)21-29-19-28-20-30(44-24(2)35-39-31-9-7-8-10-33(31)45-35)16-17-32(28)40(29)23-25-11-13-26(14-12-25)27-15-18-34(42-5)38-22-27/h7-20,22,24H,6,21,23H2,1-5H3. The van der Waals surface area contributed by atoms with Gasteiger partial charge in [-0.15, -0.1) is 11.3 Å². The van der Waals surface area contributed by atoms with E-state index in [4.69, 9.17) is 19.2 Å². The lowest BCUT2D eigenvalue weighted by Crippen LogP contribution is -2.30. The van der Waals surface area contributed by atoms with Crippen molar-refractivity contribution in [2.75, 3.05) is 13.7 Å². The maximum Gasteiger partial charge on any atom is 0.311 e. The summed E-state index contributed by atoms with van der Waals surface area (Å²) in [5.74, 6) is 1.17. The van der Waals surface area contributed by atoms with Gasteiger partial charge < -0.3 is 18.8 Å². The number of thiazole rings is 1. The summed E-state index contributed by atoms with van der Waals surface area (Å²) in [7, 11) is 1.61. The lowest BCUT2D eigenvalue weighted by Gasteiger charge is -2.23. The van der Waals surface area contributed by atoms with Gasteiger partial charge >= 0.3 is 5.97 Å². The molecule has 0 bridgehead atoms. The molecule has 3 aromatic heterocycles. The van der Waals surface area contributed by atoms with Gasteiger partial charge in [0, 0.05) is 47.4 Å². The zero-order valence-corrected chi connectivity index (χ0v) is 27.1. The second-order valence-electron chi connectivity index (χ2n) is 11.8. The molecule has 0 fully saturated rings. The van der Waals surface area contributed by atoms with Crippen LogP contribution in [0.4, 0.5) is 0 Å². The van der Waals surface area contributed by atoms with Crippen molar-refractivity contribution < 1.29 is 19.0 Å². The molecule has 45 heavy (non-hydrogen) atoms. The van der Waals surface area contributed by atoms with Gasteiger partial charge in [0.1, 0.15) is 16.9 Å². The zero-order valence-electron chi connectivity index (χ0n) is 26.2. The minimum atomic E-state index is -0.686. The lowest BCUT2D eigenvalue weighted by atomic mass is 9.88. The van der Waals surface area contributed by atoms with E-state index < -0.39 is 5.41 Å². The van der Waals surface area contributed by atoms with Gasteiger partial charge in [-0.25, -0.2) is 9.97 Å². The number of esters is 1. The molecule has 0 saturated heterocycles. The van der Waals surface area contributed by atoms with Crippen LogP contribution >= 0.6 is 11.3 Å². The third kappa shape index (κ3) is 6.56. The van der Waals surface area contributed by atoms with E-state index in [-0.39, 0.29) is 12.1 Å². The Kier molecular flexibility index (Phi) is 8.59. The molecule has 0 aliphatic heterocycles. The molecule has 6 rings (SSSR count). The van der Waals surface area contributed by atoms with E-state index in [1.165, 1.54) is 0 Å². The molecular formula is C37H37N3O4S. The van der Waals surface area contributed by atoms with Gasteiger partial charge in [-0.05, 0) is 81.3 Å². The Morgan fingerprint density at radius 3 is 2.47 bits per heavy atom. The number of carbonyl (C=O) groups excluding carboxylic acids is 1. The fourth-order valence-corrected chi connectivity index (χ4v) is 6.49. The number of hydrogen-bond acceptors (Lipinski definition) is 7. The zero-order chi connectivity index (χ0) is 31.6. The van der Waals surface area contributed by atoms with Crippen molar-refractivity contribution in [2.45, 2.75) is 46.8 Å². The Morgan fingerprint density at radius 1 is 0.978 bits per heavy atom. The second-order valence-corrected chi connectivity index (χ2v) is 12.9. The maximum atomic E-state index is 12.9. The van der Waals surface area contributed by atoms with E-state index in [1.54, 1.807) is 18.4 Å². The Bertz CT molecular complexity index is 1910. The Labute approximate surface area is 267 Å². The normalized spacial score (nSPS) is 12.4. The Hall–Kier alpha value is -4.69. The van der Waals surface area contributed by atoms with Crippen molar-refractivity contribution in [3.05, 3.63) is 107 Å². The lowest BCUT2D eigenvalue weighted by molar-refractivity contribution is -0.153. The predicted octanol–water partition coefficient (Wildman–Crippen LogP) is 8.64. The van der Waals surface area contributed by atoms with Crippen LogP contribution in [0, 0.1) is 5.41 Å². The molecule has 7 nitrogen and oxygen atoms in total. The van der Waals surface area contributed by atoms with E-state index in [0.717, 1.165) is 54.3 Å². The van der Waals surface area contributed by atoms with Crippen LogP contribution in [-0.2, 0) is 22.5 Å². The van der Waals surface area contributed by atoms with Gasteiger partial charge in [-0.3, -0.25) is 4.79 Å². The molecule has 0 aliphatic carbocycles. The van der Waals surface area contributed by atoms with E-state index >= 15 is 0 Å². The number of ether oxygens (including phenoxy) is 3. The Balaban J connectivity index is 1.30. The third-order valence-electron chi connectivity index (χ3n) is 7.95. The highest BCUT2D eigenvalue weighted by Gasteiger charge is 2.31. The average molecular weight is 620 g/mol. The molecule has 0 N–H and O–H groups in total. The number of benzene rings is 3. The van der Waals surface area contributed by atoms with Crippen LogP contribution in [0.25, 0.3) is 32.2 Å². The van der Waals surface area contributed by atoms with Crippen LogP contribution in [0.15, 0.2) is 91.1 Å². The molecule has 3 aromatic carbocycles. The summed E-state index contributed by atoms with van der Waals surface area (Å²) in [6, 6.07) is 28.9. The molecule has 0 aliphatic rings. The predicted molar refractivity (Wildman–Crippen MR) is 180 cm³/mol. The SMILES string of the molecule is CCOC(=O)C(C)(C)Cc1cc2cc(OC(C)c3nc4ccccc4s3)ccc2n1Cc1ccc(-c2ccc(OC)nc2)cc1. The summed E-state index contributed by atoms with van der Waals surface area (Å²) in [5.41, 5.74) is 5.70. The van der Waals surface area contributed by atoms with Crippen molar-refractivity contribution >= 4 is 38.4 Å². The van der Waals surface area contributed by atoms with Crippen LogP contribution in [0.3, 0.4) is 0 Å². The third-order valence-corrected chi connectivity index (χ3v) is 9.15. The number of rotatable bonds is 11. The molecule has 0 radical (unpaired) electrons. The summed E-state index contributed by atoms with van der Waals surface area (Å²) in [5, 5.41) is 2.00. The smallest absolute Gasteiger partial charge is 0.311 e. The number of aromatic nitrogens is 3. The molecule has 1 atom stereocenters. The fourth-order valence-electron chi connectivity index (χ4n) is 5.54. The first-order chi connectivity index (χ1) is 21.7. The van der Waals surface area contributed by atoms with Crippen molar-refractivity contribution in [1.29, 1.82) is 0 Å². The number of fused-ring (bicyclic) bond motifs is 2. The quantitative estimate of drug-likeness (QED) is 0.135. The molecule has 0 amide bonds. The van der Waals surface area contributed by atoms with Gasteiger partial charge in [-0.2, -0.15) is 0 Å².